The lowest BCUT2D eigenvalue weighted by Crippen LogP contribution is -2.36. The van der Waals surface area contributed by atoms with Gasteiger partial charge in [-0.05, 0) is 31.4 Å². The lowest BCUT2D eigenvalue weighted by molar-refractivity contribution is 0.112. The molecule has 22 heavy (non-hydrogen) atoms. The Labute approximate surface area is 132 Å². The molecule has 4 heteroatoms. The van der Waals surface area contributed by atoms with Gasteiger partial charge in [-0.25, -0.2) is 4.98 Å². The number of rotatable bonds is 6. The lowest BCUT2D eigenvalue weighted by atomic mass is 9.98. The van der Waals surface area contributed by atoms with E-state index >= 15 is 0 Å². The lowest BCUT2D eigenvalue weighted by Gasteiger charge is -2.29. The van der Waals surface area contributed by atoms with Crippen molar-refractivity contribution in [3.63, 3.8) is 0 Å². The van der Waals surface area contributed by atoms with Crippen molar-refractivity contribution in [1.82, 2.24) is 14.5 Å². The van der Waals surface area contributed by atoms with Crippen molar-refractivity contribution < 1.29 is 5.11 Å². The summed E-state index contributed by atoms with van der Waals surface area (Å²) in [4.78, 5) is 6.64. The van der Waals surface area contributed by atoms with Gasteiger partial charge in [0, 0.05) is 38.4 Å². The second kappa shape index (κ2) is 7.07. The molecule has 4 nitrogen and oxygen atoms in total. The predicted molar refractivity (Wildman–Crippen MR) is 87.7 cm³/mol. The van der Waals surface area contributed by atoms with Crippen molar-refractivity contribution in [2.75, 3.05) is 20.1 Å². The van der Waals surface area contributed by atoms with Gasteiger partial charge in [0.2, 0.25) is 0 Å². The number of aryl methyl sites for hydroxylation is 1. The average Bonchev–Trinajstić information content (AvgIpc) is 2.95. The Bertz CT molecular complexity index is 581. The van der Waals surface area contributed by atoms with E-state index < -0.39 is 0 Å². The quantitative estimate of drug-likeness (QED) is 0.887. The van der Waals surface area contributed by atoms with Gasteiger partial charge in [0.05, 0.1) is 6.10 Å². The summed E-state index contributed by atoms with van der Waals surface area (Å²) in [6.07, 6.45) is 6.65. The van der Waals surface area contributed by atoms with Crippen LogP contribution in [0.4, 0.5) is 0 Å². The highest BCUT2D eigenvalue weighted by molar-refractivity contribution is 5.15. The molecule has 0 saturated heterocycles. The fourth-order valence-electron chi connectivity index (χ4n) is 3.41. The standard InChI is InChI=1S/C18H25N3O/c1-20(14-17(22)11-15-5-3-2-4-6-15)12-16-7-8-18-19-9-10-21(18)13-16/h2-6,9-10,16-17,22H,7-8,11-14H2,1H3/t16-,17+/m1/s1. The van der Waals surface area contributed by atoms with Gasteiger partial charge in [0.1, 0.15) is 5.82 Å². The number of aliphatic hydroxyl groups is 1. The molecule has 2 heterocycles. The zero-order valence-electron chi connectivity index (χ0n) is 13.2. The van der Waals surface area contributed by atoms with Crippen LogP contribution in [-0.2, 0) is 19.4 Å². The van der Waals surface area contributed by atoms with Crippen LogP contribution in [-0.4, -0.2) is 45.8 Å². The van der Waals surface area contributed by atoms with Gasteiger partial charge in [-0.1, -0.05) is 30.3 Å². The number of aromatic nitrogens is 2. The van der Waals surface area contributed by atoms with E-state index in [0.717, 1.165) is 32.5 Å². The first-order valence-electron chi connectivity index (χ1n) is 8.11. The van der Waals surface area contributed by atoms with E-state index in [1.54, 1.807) is 0 Å². The third kappa shape index (κ3) is 3.96. The number of hydrogen-bond acceptors (Lipinski definition) is 3. The normalized spacial score (nSPS) is 19.1. The highest BCUT2D eigenvalue weighted by Gasteiger charge is 2.20. The van der Waals surface area contributed by atoms with Gasteiger partial charge < -0.3 is 14.6 Å². The van der Waals surface area contributed by atoms with E-state index in [-0.39, 0.29) is 6.10 Å². The van der Waals surface area contributed by atoms with Crippen LogP contribution in [0.15, 0.2) is 42.7 Å². The maximum atomic E-state index is 10.3. The summed E-state index contributed by atoms with van der Waals surface area (Å²) in [5, 5.41) is 10.3. The molecule has 0 amide bonds. The van der Waals surface area contributed by atoms with Crippen molar-refractivity contribution in [2.24, 2.45) is 5.92 Å². The third-order valence-corrected chi connectivity index (χ3v) is 4.44. The van der Waals surface area contributed by atoms with Crippen molar-refractivity contribution in [1.29, 1.82) is 0 Å². The van der Waals surface area contributed by atoms with Crippen LogP contribution < -0.4 is 0 Å². The van der Waals surface area contributed by atoms with Crippen LogP contribution in [0.2, 0.25) is 0 Å². The molecular formula is C18H25N3O. The Morgan fingerprint density at radius 3 is 3.00 bits per heavy atom. The maximum absolute atomic E-state index is 10.3. The van der Waals surface area contributed by atoms with Crippen LogP contribution >= 0.6 is 0 Å². The van der Waals surface area contributed by atoms with Crippen molar-refractivity contribution >= 4 is 0 Å². The molecule has 1 aliphatic heterocycles. The molecule has 0 spiro atoms. The molecule has 0 unspecified atom stereocenters. The molecule has 0 radical (unpaired) electrons. The predicted octanol–water partition coefficient (Wildman–Crippen LogP) is 1.98. The van der Waals surface area contributed by atoms with Gasteiger partial charge in [0.15, 0.2) is 0 Å². The molecule has 1 aromatic carbocycles. The second-order valence-electron chi connectivity index (χ2n) is 6.47. The van der Waals surface area contributed by atoms with Crippen LogP contribution in [0.5, 0.6) is 0 Å². The first kappa shape index (κ1) is 15.3. The molecule has 0 bridgehead atoms. The van der Waals surface area contributed by atoms with Gasteiger partial charge in [-0.2, -0.15) is 0 Å². The number of hydrogen-bond donors (Lipinski definition) is 1. The zero-order chi connectivity index (χ0) is 15.4. The van der Waals surface area contributed by atoms with Gasteiger partial charge >= 0.3 is 0 Å². The van der Waals surface area contributed by atoms with E-state index in [0.29, 0.717) is 5.92 Å². The van der Waals surface area contributed by atoms with Gasteiger partial charge in [-0.3, -0.25) is 0 Å². The topological polar surface area (TPSA) is 41.3 Å². The number of aliphatic hydroxyl groups excluding tert-OH is 1. The Morgan fingerprint density at radius 1 is 1.36 bits per heavy atom. The number of nitrogens with zero attached hydrogens (tertiary/aromatic N) is 3. The minimum Gasteiger partial charge on any atom is -0.391 e. The largest absolute Gasteiger partial charge is 0.391 e. The third-order valence-electron chi connectivity index (χ3n) is 4.44. The Balaban J connectivity index is 1.45. The van der Waals surface area contributed by atoms with E-state index in [2.05, 4.69) is 39.8 Å². The van der Waals surface area contributed by atoms with Gasteiger partial charge in [0.25, 0.3) is 0 Å². The summed E-state index contributed by atoms with van der Waals surface area (Å²) in [5.74, 6) is 1.86. The van der Waals surface area contributed by atoms with Crippen molar-refractivity contribution in [2.45, 2.75) is 31.9 Å². The minimum atomic E-state index is -0.306. The molecule has 118 valence electrons. The van der Waals surface area contributed by atoms with Gasteiger partial charge in [-0.15, -0.1) is 0 Å². The van der Waals surface area contributed by atoms with Crippen molar-refractivity contribution in [3.05, 3.63) is 54.1 Å². The second-order valence-corrected chi connectivity index (χ2v) is 6.47. The molecule has 0 fully saturated rings. The highest BCUT2D eigenvalue weighted by atomic mass is 16.3. The first-order chi connectivity index (χ1) is 10.7. The molecule has 1 N–H and O–H groups in total. The van der Waals surface area contributed by atoms with E-state index in [4.69, 9.17) is 0 Å². The fraction of sp³-hybridized carbons (Fsp3) is 0.500. The summed E-state index contributed by atoms with van der Waals surface area (Å²) in [5.41, 5.74) is 1.20. The summed E-state index contributed by atoms with van der Waals surface area (Å²) in [6, 6.07) is 10.2. The summed E-state index contributed by atoms with van der Waals surface area (Å²) in [6.45, 7) is 2.81. The molecule has 0 aliphatic carbocycles. The zero-order valence-corrected chi connectivity index (χ0v) is 13.2. The average molecular weight is 299 g/mol. The number of benzene rings is 1. The van der Waals surface area contributed by atoms with Crippen LogP contribution in [0.1, 0.15) is 17.8 Å². The Hall–Kier alpha value is -1.65. The SMILES string of the molecule is CN(C[C@@H](O)Cc1ccccc1)C[C@H]1CCc2nccn2C1. The molecular weight excluding hydrogens is 274 g/mol. The summed E-state index contributed by atoms with van der Waals surface area (Å²) in [7, 11) is 2.11. The smallest absolute Gasteiger partial charge is 0.108 e. The van der Waals surface area contributed by atoms with Crippen LogP contribution in [0.3, 0.4) is 0 Å². The molecule has 1 aliphatic rings. The van der Waals surface area contributed by atoms with Crippen LogP contribution in [0.25, 0.3) is 0 Å². The highest BCUT2D eigenvalue weighted by Crippen LogP contribution is 2.19. The maximum Gasteiger partial charge on any atom is 0.108 e. The molecule has 1 aromatic heterocycles. The van der Waals surface area contributed by atoms with E-state index in [9.17, 15) is 5.11 Å². The molecule has 2 aromatic rings. The number of likely N-dealkylation sites (N-methyl/N-ethyl adjacent to an activating group) is 1. The molecule has 2 atom stereocenters. The first-order valence-corrected chi connectivity index (χ1v) is 8.11. The van der Waals surface area contributed by atoms with Crippen LogP contribution in [0, 0.1) is 5.92 Å². The van der Waals surface area contributed by atoms with Crippen molar-refractivity contribution in [3.8, 4) is 0 Å². The van der Waals surface area contributed by atoms with E-state index in [1.807, 2.05) is 24.4 Å². The molecule has 0 saturated carbocycles. The number of fused-ring (bicyclic) bond motifs is 1. The molecule has 3 rings (SSSR count). The monoisotopic (exact) mass is 299 g/mol. The number of imidazole rings is 1. The minimum absolute atomic E-state index is 0.306. The summed E-state index contributed by atoms with van der Waals surface area (Å²) < 4.78 is 2.27. The Kier molecular flexibility index (Phi) is 4.90. The Morgan fingerprint density at radius 2 is 2.18 bits per heavy atom. The van der Waals surface area contributed by atoms with E-state index in [1.165, 1.54) is 17.8 Å². The summed E-state index contributed by atoms with van der Waals surface area (Å²) >= 11 is 0. The fourth-order valence-corrected chi connectivity index (χ4v) is 3.41.